The first kappa shape index (κ1) is 26.1. The number of hydrogen-bond donors (Lipinski definition) is 1. The van der Waals surface area contributed by atoms with Crippen molar-refractivity contribution in [2.45, 2.75) is 20.5 Å². The Balaban J connectivity index is 1.69. The van der Waals surface area contributed by atoms with Crippen LogP contribution in [0.2, 0.25) is 5.02 Å². The third-order valence-corrected chi connectivity index (χ3v) is 5.54. The summed E-state index contributed by atoms with van der Waals surface area (Å²) in [5, 5.41) is 12.6. The van der Waals surface area contributed by atoms with E-state index in [0.29, 0.717) is 53.3 Å². The molecule has 0 bridgehead atoms. The normalized spacial score (nSPS) is 10.9. The fourth-order valence-electron chi connectivity index (χ4n) is 3.11. The fraction of sp³-hybridized carbons (Fsp3) is 0.185. The Morgan fingerprint density at radius 1 is 1.03 bits per heavy atom. The molecule has 0 saturated carbocycles. The smallest absolute Gasteiger partial charge is 0.266 e. The quantitative estimate of drug-likeness (QED) is 0.215. The number of ether oxygens (including phenoxy) is 3. The summed E-state index contributed by atoms with van der Waals surface area (Å²) in [5.74, 6) is 0.997. The summed E-state index contributed by atoms with van der Waals surface area (Å²) in [5.41, 5.74) is 2.04. The van der Waals surface area contributed by atoms with Crippen LogP contribution in [-0.4, -0.2) is 19.1 Å². The molecule has 0 aromatic heterocycles. The summed E-state index contributed by atoms with van der Waals surface area (Å²) in [6.45, 7) is 4.96. The van der Waals surface area contributed by atoms with Gasteiger partial charge in [0.15, 0.2) is 11.5 Å². The largest absolute Gasteiger partial charge is 0.490 e. The van der Waals surface area contributed by atoms with E-state index in [2.05, 4.69) is 21.2 Å². The van der Waals surface area contributed by atoms with Crippen LogP contribution in [0.4, 0.5) is 5.69 Å². The number of hydrogen-bond acceptors (Lipinski definition) is 5. The number of amides is 1. The van der Waals surface area contributed by atoms with E-state index in [9.17, 15) is 10.1 Å². The van der Waals surface area contributed by atoms with Crippen LogP contribution in [0.1, 0.15) is 25.0 Å². The van der Waals surface area contributed by atoms with Crippen molar-refractivity contribution in [1.82, 2.24) is 0 Å². The molecule has 0 atom stereocenters. The minimum atomic E-state index is -0.543. The molecule has 35 heavy (non-hydrogen) atoms. The molecule has 0 fully saturated rings. The first-order valence-electron chi connectivity index (χ1n) is 10.9. The number of carbonyl (C=O) groups excluding carboxylic acids is 1. The molecule has 1 amide bonds. The van der Waals surface area contributed by atoms with E-state index < -0.39 is 5.91 Å². The van der Waals surface area contributed by atoms with Crippen LogP contribution in [0.3, 0.4) is 0 Å². The molecule has 3 aromatic rings. The van der Waals surface area contributed by atoms with Gasteiger partial charge in [-0.15, -0.1) is 0 Å². The zero-order chi connectivity index (χ0) is 25.2. The van der Waals surface area contributed by atoms with E-state index in [1.54, 1.807) is 36.4 Å². The van der Waals surface area contributed by atoms with Crippen LogP contribution in [-0.2, 0) is 11.4 Å². The predicted octanol–water partition coefficient (Wildman–Crippen LogP) is 7.02. The lowest BCUT2D eigenvalue weighted by atomic mass is 10.1. The number of nitrogens with zero attached hydrogens (tertiary/aromatic N) is 1. The number of halogens is 2. The third kappa shape index (κ3) is 7.51. The van der Waals surface area contributed by atoms with Gasteiger partial charge in [0.05, 0.1) is 18.2 Å². The summed E-state index contributed by atoms with van der Waals surface area (Å²) in [7, 11) is 0. The van der Waals surface area contributed by atoms with Crippen LogP contribution in [0, 0.1) is 11.3 Å². The summed E-state index contributed by atoms with van der Waals surface area (Å²) >= 11 is 9.75. The van der Waals surface area contributed by atoms with Crippen LogP contribution in [0.25, 0.3) is 6.08 Å². The monoisotopic (exact) mass is 554 g/mol. The van der Waals surface area contributed by atoms with E-state index in [0.717, 1.165) is 10.0 Å². The van der Waals surface area contributed by atoms with Crippen molar-refractivity contribution in [3.8, 4) is 23.3 Å². The number of rotatable bonds is 10. The van der Waals surface area contributed by atoms with E-state index in [1.807, 2.05) is 44.2 Å². The molecule has 0 radical (unpaired) electrons. The van der Waals surface area contributed by atoms with Crippen molar-refractivity contribution in [2.24, 2.45) is 0 Å². The van der Waals surface area contributed by atoms with Crippen molar-refractivity contribution in [3.05, 3.63) is 86.9 Å². The highest BCUT2D eigenvalue weighted by atomic mass is 79.9. The molecule has 0 unspecified atom stereocenters. The lowest BCUT2D eigenvalue weighted by molar-refractivity contribution is -0.112. The maximum atomic E-state index is 12.7. The molecule has 0 aliphatic heterocycles. The highest BCUT2D eigenvalue weighted by Crippen LogP contribution is 2.37. The SMILES string of the molecule is CCOc1cc(/C=C(\C#N)C(=O)Nc2ccc(OCc3ccc(Br)cc3)cc2)cc(Cl)c1OCC. The number of benzene rings is 3. The van der Waals surface area contributed by atoms with Gasteiger partial charge in [-0.2, -0.15) is 5.26 Å². The van der Waals surface area contributed by atoms with Gasteiger partial charge >= 0.3 is 0 Å². The maximum Gasteiger partial charge on any atom is 0.266 e. The molecule has 6 nitrogen and oxygen atoms in total. The molecular weight excluding hydrogens is 532 g/mol. The second kappa shape index (κ2) is 12.8. The van der Waals surface area contributed by atoms with Crippen LogP contribution >= 0.6 is 27.5 Å². The Morgan fingerprint density at radius 3 is 2.34 bits per heavy atom. The van der Waals surface area contributed by atoms with Gasteiger partial charge in [0.1, 0.15) is 24.0 Å². The molecule has 3 rings (SSSR count). The Bertz CT molecular complexity index is 1240. The van der Waals surface area contributed by atoms with Gasteiger partial charge in [0, 0.05) is 10.2 Å². The van der Waals surface area contributed by atoms with Crippen molar-refractivity contribution in [3.63, 3.8) is 0 Å². The summed E-state index contributed by atoms with van der Waals surface area (Å²) in [6.07, 6.45) is 1.45. The Hall–Kier alpha value is -3.47. The predicted molar refractivity (Wildman–Crippen MR) is 141 cm³/mol. The standard InChI is InChI=1S/C27H24BrClN2O4/c1-3-33-25-15-19(14-24(29)26(25)34-4-2)13-20(16-30)27(32)31-22-9-11-23(12-10-22)35-17-18-5-7-21(28)8-6-18/h5-15H,3-4,17H2,1-2H3,(H,31,32)/b20-13+. The van der Waals surface area contributed by atoms with Gasteiger partial charge in [-0.3, -0.25) is 4.79 Å². The highest BCUT2D eigenvalue weighted by Gasteiger charge is 2.14. The topological polar surface area (TPSA) is 80.6 Å². The van der Waals surface area contributed by atoms with Gasteiger partial charge in [0.2, 0.25) is 0 Å². The average molecular weight is 556 g/mol. The molecule has 180 valence electrons. The zero-order valence-electron chi connectivity index (χ0n) is 19.3. The molecule has 0 saturated heterocycles. The first-order valence-corrected chi connectivity index (χ1v) is 12.1. The number of carbonyl (C=O) groups is 1. The summed E-state index contributed by atoms with van der Waals surface area (Å²) < 4.78 is 18.0. The van der Waals surface area contributed by atoms with Crippen molar-refractivity contribution < 1.29 is 19.0 Å². The van der Waals surface area contributed by atoms with Gasteiger partial charge < -0.3 is 19.5 Å². The molecule has 0 aliphatic rings. The highest BCUT2D eigenvalue weighted by molar-refractivity contribution is 9.10. The summed E-state index contributed by atoms with van der Waals surface area (Å²) in [4.78, 5) is 12.7. The number of nitriles is 1. The van der Waals surface area contributed by atoms with Crippen LogP contribution in [0.15, 0.2) is 70.7 Å². The van der Waals surface area contributed by atoms with Crippen LogP contribution in [0.5, 0.6) is 17.2 Å². The number of anilines is 1. The molecule has 8 heteroatoms. The Labute approximate surface area is 218 Å². The first-order chi connectivity index (χ1) is 16.9. The minimum Gasteiger partial charge on any atom is -0.490 e. The van der Waals surface area contributed by atoms with Crippen molar-refractivity contribution >= 4 is 45.2 Å². The lowest BCUT2D eigenvalue weighted by Gasteiger charge is -2.13. The second-order valence-corrected chi connectivity index (χ2v) is 8.58. The molecule has 0 heterocycles. The molecule has 0 aliphatic carbocycles. The van der Waals surface area contributed by atoms with E-state index in [4.69, 9.17) is 25.8 Å². The van der Waals surface area contributed by atoms with Gasteiger partial charge in [-0.05, 0) is 79.6 Å². The minimum absolute atomic E-state index is 0.0803. The van der Waals surface area contributed by atoms with E-state index in [1.165, 1.54) is 6.08 Å². The van der Waals surface area contributed by atoms with E-state index >= 15 is 0 Å². The van der Waals surface area contributed by atoms with Crippen molar-refractivity contribution in [1.29, 1.82) is 5.26 Å². The molecule has 3 aromatic carbocycles. The van der Waals surface area contributed by atoms with E-state index in [-0.39, 0.29) is 5.57 Å². The third-order valence-electron chi connectivity index (χ3n) is 4.73. The van der Waals surface area contributed by atoms with Gasteiger partial charge in [-0.1, -0.05) is 39.7 Å². The fourth-order valence-corrected chi connectivity index (χ4v) is 3.65. The second-order valence-electron chi connectivity index (χ2n) is 7.26. The molecule has 1 N–H and O–H groups in total. The van der Waals surface area contributed by atoms with Crippen LogP contribution < -0.4 is 19.5 Å². The summed E-state index contributed by atoms with van der Waals surface area (Å²) in [6, 6.07) is 20.0. The molecular formula is C27H24BrClN2O4. The average Bonchev–Trinajstić information content (AvgIpc) is 2.85. The van der Waals surface area contributed by atoms with Crippen molar-refractivity contribution in [2.75, 3.05) is 18.5 Å². The zero-order valence-corrected chi connectivity index (χ0v) is 21.7. The van der Waals surface area contributed by atoms with Gasteiger partial charge in [0.25, 0.3) is 5.91 Å². The van der Waals surface area contributed by atoms with Gasteiger partial charge in [-0.25, -0.2) is 0 Å². The maximum absolute atomic E-state index is 12.7. The number of nitrogens with one attached hydrogen (secondary N) is 1. The molecule has 0 spiro atoms. The lowest BCUT2D eigenvalue weighted by Crippen LogP contribution is -2.13. The Morgan fingerprint density at radius 2 is 1.71 bits per heavy atom. The Kier molecular flexibility index (Phi) is 9.59.